The molecule has 0 aliphatic carbocycles. The molecule has 0 saturated carbocycles. The molecule has 0 radical (unpaired) electrons. The first kappa shape index (κ1) is 16.5. The quantitative estimate of drug-likeness (QED) is 0.873. The molecule has 0 aromatic heterocycles. The molecule has 1 saturated heterocycles. The molecule has 0 spiro atoms. The van der Waals surface area contributed by atoms with Crippen LogP contribution in [0, 0.1) is 5.41 Å². The fourth-order valence-corrected chi connectivity index (χ4v) is 3.35. The van der Waals surface area contributed by atoms with Crippen LogP contribution in [0.3, 0.4) is 0 Å². The number of likely N-dealkylation sites (tertiary alicyclic amines) is 1. The number of rotatable bonds is 6. The van der Waals surface area contributed by atoms with Crippen molar-refractivity contribution in [1.82, 2.24) is 4.90 Å². The van der Waals surface area contributed by atoms with E-state index < -0.39 is 0 Å². The summed E-state index contributed by atoms with van der Waals surface area (Å²) in [5, 5.41) is 0. The maximum Gasteiger partial charge on any atom is 0.0716 e. The Morgan fingerprint density at radius 2 is 1.95 bits per heavy atom. The van der Waals surface area contributed by atoms with Crippen molar-refractivity contribution < 1.29 is 4.74 Å². The van der Waals surface area contributed by atoms with Crippen LogP contribution in [0.15, 0.2) is 24.3 Å². The zero-order valence-electron chi connectivity index (χ0n) is 13.8. The Morgan fingerprint density at radius 1 is 1.29 bits per heavy atom. The minimum Gasteiger partial charge on any atom is -0.380 e. The Hall–Kier alpha value is -0.900. The normalized spacial score (nSPS) is 20.4. The highest BCUT2D eigenvalue weighted by Crippen LogP contribution is 2.37. The first-order chi connectivity index (χ1) is 10.1. The number of piperidine rings is 1. The first-order valence-electron chi connectivity index (χ1n) is 8.14. The van der Waals surface area contributed by atoms with Crippen LogP contribution in [-0.4, -0.2) is 31.6 Å². The van der Waals surface area contributed by atoms with E-state index in [-0.39, 0.29) is 0 Å². The third-order valence-corrected chi connectivity index (χ3v) is 5.24. The standard InChI is InChI=1S/C18H30N2O/c1-4-18(2)9-11-20(12-10-18)17(13-19)16-8-6-5-7-15(16)14-21-3/h5-8,17H,4,9-14,19H2,1-3H3. The monoisotopic (exact) mass is 290 g/mol. The van der Waals surface area contributed by atoms with Gasteiger partial charge >= 0.3 is 0 Å². The van der Waals surface area contributed by atoms with Gasteiger partial charge in [0, 0.05) is 19.7 Å². The van der Waals surface area contributed by atoms with E-state index in [1.165, 1.54) is 30.4 Å². The van der Waals surface area contributed by atoms with Gasteiger partial charge in [-0.3, -0.25) is 4.90 Å². The molecule has 1 aromatic carbocycles. The van der Waals surface area contributed by atoms with Crippen molar-refractivity contribution in [2.24, 2.45) is 11.1 Å². The van der Waals surface area contributed by atoms with Gasteiger partial charge in [0.05, 0.1) is 6.61 Å². The van der Waals surface area contributed by atoms with E-state index >= 15 is 0 Å². The third-order valence-electron chi connectivity index (χ3n) is 5.24. The van der Waals surface area contributed by atoms with Crippen LogP contribution in [0.2, 0.25) is 0 Å². The maximum atomic E-state index is 6.12. The van der Waals surface area contributed by atoms with E-state index in [1.807, 2.05) is 0 Å². The number of hydrogen-bond donors (Lipinski definition) is 1. The number of methoxy groups -OCH3 is 1. The van der Waals surface area contributed by atoms with Crippen LogP contribution >= 0.6 is 0 Å². The molecule has 1 aliphatic heterocycles. The second kappa shape index (κ2) is 7.39. The molecular weight excluding hydrogens is 260 g/mol. The fraction of sp³-hybridized carbons (Fsp3) is 0.667. The Labute approximate surface area is 129 Å². The van der Waals surface area contributed by atoms with Crippen LogP contribution < -0.4 is 5.73 Å². The van der Waals surface area contributed by atoms with Gasteiger partial charge in [-0.1, -0.05) is 44.5 Å². The number of benzene rings is 1. The topological polar surface area (TPSA) is 38.5 Å². The van der Waals surface area contributed by atoms with E-state index in [0.717, 1.165) is 13.1 Å². The predicted molar refractivity (Wildman–Crippen MR) is 88.2 cm³/mol. The lowest BCUT2D eigenvalue weighted by Gasteiger charge is -2.42. The van der Waals surface area contributed by atoms with Gasteiger partial charge in [-0.15, -0.1) is 0 Å². The summed E-state index contributed by atoms with van der Waals surface area (Å²) >= 11 is 0. The summed E-state index contributed by atoms with van der Waals surface area (Å²) in [6, 6.07) is 8.87. The summed E-state index contributed by atoms with van der Waals surface area (Å²) in [5.41, 5.74) is 9.23. The van der Waals surface area contributed by atoms with E-state index in [2.05, 4.69) is 43.0 Å². The van der Waals surface area contributed by atoms with Gasteiger partial charge in [-0.05, 0) is 42.5 Å². The van der Waals surface area contributed by atoms with Crippen molar-refractivity contribution in [1.29, 1.82) is 0 Å². The van der Waals surface area contributed by atoms with Crippen LogP contribution in [0.5, 0.6) is 0 Å². The second-order valence-electron chi connectivity index (χ2n) is 6.58. The number of hydrogen-bond acceptors (Lipinski definition) is 3. The van der Waals surface area contributed by atoms with E-state index in [1.54, 1.807) is 7.11 Å². The van der Waals surface area contributed by atoms with E-state index in [4.69, 9.17) is 10.5 Å². The van der Waals surface area contributed by atoms with Crippen molar-refractivity contribution in [3.63, 3.8) is 0 Å². The molecule has 1 aliphatic rings. The summed E-state index contributed by atoms with van der Waals surface area (Å²) in [4.78, 5) is 2.56. The SMILES string of the molecule is CCC1(C)CCN(C(CN)c2ccccc2COC)CC1. The van der Waals surface area contributed by atoms with Gasteiger partial charge in [-0.2, -0.15) is 0 Å². The van der Waals surface area contributed by atoms with Gasteiger partial charge in [0.2, 0.25) is 0 Å². The van der Waals surface area contributed by atoms with Gasteiger partial charge in [-0.25, -0.2) is 0 Å². The molecule has 1 fully saturated rings. The van der Waals surface area contributed by atoms with Crippen LogP contribution in [0.25, 0.3) is 0 Å². The van der Waals surface area contributed by atoms with Crippen molar-refractivity contribution in [2.45, 2.75) is 45.8 Å². The number of nitrogens with zero attached hydrogens (tertiary/aromatic N) is 1. The van der Waals surface area contributed by atoms with Gasteiger partial charge < -0.3 is 10.5 Å². The highest BCUT2D eigenvalue weighted by atomic mass is 16.5. The lowest BCUT2D eigenvalue weighted by Crippen LogP contribution is -2.43. The van der Waals surface area contributed by atoms with Crippen LogP contribution in [0.4, 0.5) is 0 Å². The van der Waals surface area contributed by atoms with Gasteiger partial charge in [0.15, 0.2) is 0 Å². The Balaban J connectivity index is 2.14. The molecule has 0 bridgehead atoms. The van der Waals surface area contributed by atoms with E-state index in [0.29, 0.717) is 24.6 Å². The van der Waals surface area contributed by atoms with Crippen molar-refractivity contribution in [3.8, 4) is 0 Å². The fourth-order valence-electron chi connectivity index (χ4n) is 3.35. The number of ether oxygens (including phenoxy) is 1. The molecule has 2 rings (SSSR count). The summed E-state index contributed by atoms with van der Waals surface area (Å²) in [7, 11) is 1.75. The first-order valence-corrected chi connectivity index (χ1v) is 8.14. The molecule has 1 atom stereocenters. The Kier molecular flexibility index (Phi) is 5.80. The van der Waals surface area contributed by atoms with Crippen molar-refractivity contribution in [3.05, 3.63) is 35.4 Å². The highest BCUT2D eigenvalue weighted by Gasteiger charge is 2.31. The van der Waals surface area contributed by atoms with Gasteiger partial charge in [0.25, 0.3) is 0 Å². The van der Waals surface area contributed by atoms with Crippen LogP contribution in [0.1, 0.15) is 50.3 Å². The minimum atomic E-state index is 0.317. The van der Waals surface area contributed by atoms with Crippen molar-refractivity contribution >= 4 is 0 Å². The summed E-state index contributed by atoms with van der Waals surface area (Å²) in [5.74, 6) is 0. The zero-order valence-corrected chi connectivity index (χ0v) is 13.8. The van der Waals surface area contributed by atoms with Crippen molar-refractivity contribution in [2.75, 3.05) is 26.7 Å². The Morgan fingerprint density at radius 3 is 2.52 bits per heavy atom. The lowest BCUT2D eigenvalue weighted by atomic mass is 9.77. The molecular formula is C18H30N2O. The highest BCUT2D eigenvalue weighted by molar-refractivity contribution is 5.30. The molecule has 1 unspecified atom stereocenters. The molecule has 2 N–H and O–H groups in total. The molecule has 21 heavy (non-hydrogen) atoms. The molecule has 1 heterocycles. The smallest absolute Gasteiger partial charge is 0.0716 e. The maximum absolute atomic E-state index is 6.12. The molecule has 3 heteroatoms. The predicted octanol–water partition coefficient (Wildman–Crippen LogP) is 3.34. The van der Waals surface area contributed by atoms with Crippen LogP contribution in [-0.2, 0) is 11.3 Å². The molecule has 1 aromatic rings. The summed E-state index contributed by atoms with van der Waals surface area (Å²) < 4.78 is 5.34. The Bertz CT molecular complexity index is 439. The summed E-state index contributed by atoms with van der Waals surface area (Å²) in [6.07, 6.45) is 3.81. The molecule has 0 amide bonds. The molecule has 3 nitrogen and oxygen atoms in total. The summed E-state index contributed by atoms with van der Waals surface area (Å²) in [6.45, 7) is 8.35. The zero-order chi connectivity index (χ0) is 15.3. The second-order valence-corrected chi connectivity index (χ2v) is 6.58. The van der Waals surface area contributed by atoms with E-state index in [9.17, 15) is 0 Å². The average Bonchev–Trinajstić information content (AvgIpc) is 2.52. The average molecular weight is 290 g/mol. The molecule has 118 valence electrons. The third kappa shape index (κ3) is 3.85. The minimum absolute atomic E-state index is 0.317. The van der Waals surface area contributed by atoms with Gasteiger partial charge in [0.1, 0.15) is 0 Å². The number of nitrogens with two attached hydrogens (primary N) is 1. The lowest BCUT2D eigenvalue weighted by molar-refractivity contribution is 0.0816. The largest absolute Gasteiger partial charge is 0.380 e.